The van der Waals surface area contributed by atoms with Crippen LogP contribution in [-0.2, 0) is 9.09 Å². The molecular weight excluding hydrogens is 269 g/mol. The quantitative estimate of drug-likeness (QED) is 0.469. The van der Waals surface area contributed by atoms with Gasteiger partial charge in [0, 0.05) is 31.4 Å². The molecule has 0 radical (unpaired) electrons. The van der Waals surface area contributed by atoms with Crippen LogP contribution in [0.1, 0.15) is 6.42 Å². The van der Waals surface area contributed by atoms with E-state index in [2.05, 4.69) is 5.09 Å². The molecule has 1 saturated heterocycles. The molecule has 0 spiro atoms. The van der Waals surface area contributed by atoms with Crippen molar-refractivity contribution in [2.75, 3.05) is 38.0 Å². The van der Waals surface area contributed by atoms with Crippen LogP contribution in [0.2, 0.25) is 0 Å². The van der Waals surface area contributed by atoms with E-state index in [4.69, 9.17) is 27.7 Å². The summed E-state index contributed by atoms with van der Waals surface area (Å²) in [7, 11) is -2.84. The van der Waals surface area contributed by atoms with E-state index in [1.807, 2.05) is 0 Å². The second kappa shape index (κ2) is 8.73. The molecule has 1 N–H and O–H groups in total. The van der Waals surface area contributed by atoms with Crippen molar-refractivity contribution in [1.82, 2.24) is 9.76 Å². The summed E-state index contributed by atoms with van der Waals surface area (Å²) >= 11 is 11.1. The third kappa shape index (κ3) is 5.24. The Kier molecular flexibility index (Phi) is 9.72. The van der Waals surface area contributed by atoms with Crippen LogP contribution < -0.4 is 5.09 Å². The Morgan fingerprint density at radius 3 is 2.73 bits per heavy atom. The van der Waals surface area contributed by atoms with Gasteiger partial charge in [-0.3, -0.25) is 4.57 Å². The van der Waals surface area contributed by atoms with Crippen molar-refractivity contribution < 1.29 is 9.09 Å². The van der Waals surface area contributed by atoms with Gasteiger partial charge in [0.05, 0.1) is 6.61 Å². The minimum atomic E-state index is -2.84. The van der Waals surface area contributed by atoms with Crippen LogP contribution >= 0.6 is 30.9 Å². The summed E-state index contributed by atoms with van der Waals surface area (Å²) in [4.78, 5) is 0. The fraction of sp³-hybridized carbons (Fsp3) is 1.00. The van der Waals surface area contributed by atoms with E-state index < -0.39 is 7.67 Å². The van der Waals surface area contributed by atoms with Crippen LogP contribution in [0.15, 0.2) is 0 Å². The summed E-state index contributed by atoms with van der Waals surface area (Å²) in [5.41, 5.74) is 0. The van der Waals surface area contributed by atoms with Crippen LogP contribution in [-0.4, -0.2) is 72.2 Å². The normalized spacial score (nSPS) is 27.3. The van der Waals surface area contributed by atoms with Gasteiger partial charge in [-0.25, -0.2) is 9.76 Å². The predicted octanol–water partition coefficient (Wildman–Crippen LogP) is 1.24. The number of nitrogens with zero attached hydrogens (tertiary/aromatic N) is 1. The van der Waals surface area contributed by atoms with Gasteiger partial charge in [-0.1, -0.05) is 0 Å². The van der Waals surface area contributed by atoms with Gasteiger partial charge in [-0.2, -0.15) is 0 Å². The molecule has 15 heavy (non-hydrogen) atoms. The van der Waals surface area contributed by atoms with Crippen molar-refractivity contribution >= 4 is 60.4 Å². The molecule has 0 aromatic rings. The van der Waals surface area contributed by atoms with Crippen LogP contribution in [0.4, 0.5) is 0 Å². The first kappa shape index (κ1) is 16.7. The molecule has 1 aliphatic heterocycles. The molecule has 1 aliphatic rings. The van der Waals surface area contributed by atoms with E-state index in [1.54, 1.807) is 4.67 Å². The predicted molar refractivity (Wildman–Crippen MR) is 66.3 cm³/mol. The maximum absolute atomic E-state index is 12.2. The molecule has 1 atom stereocenters. The Hall–Kier alpha value is 1.69. The zero-order chi connectivity index (χ0) is 10.4. The van der Waals surface area contributed by atoms with E-state index in [9.17, 15) is 4.57 Å². The summed E-state index contributed by atoms with van der Waals surface area (Å²) in [5.74, 6) is 0.873. The van der Waals surface area contributed by atoms with Crippen molar-refractivity contribution in [3.8, 4) is 0 Å². The van der Waals surface area contributed by atoms with Gasteiger partial charge in [0.15, 0.2) is 0 Å². The summed E-state index contributed by atoms with van der Waals surface area (Å²) < 4.78 is 19.2. The summed E-state index contributed by atoms with van der Waals surface area (Å²) in [6.07, 6.45) is 0.892. The van der Waals surface area contributed by atoms with Gasteiger partial charge < -0.3 is 4.52 Å². The molecule has 1 rings (SSSR count). The van der Waals surface area contributed by atoms with Gasteiger partial charge in [-0.15, -0.1) is 23.2 Å². The third-order valence-corrected chi connectivity index (χ3v) is 4.61. The van der Waals surface area contributed by atoms with Gasteiger partial charge in [0.2, 0.25) is 0 Å². The fourth-order valence-electron chi connectivity index (χ4n) is 1.32. The SMILES string of the molecule is O=P1(NCCCl)OCCCN1CCCl.[NaH]. The number of hydrogen-bond acceptors (Lipinski definition) is 2. The Labute approximate surface area is 123 Å². The van der Waals surface area contributed by atoms with E-state index in [-0.39, 0.29) is 29.6 Å². The molecule has 8 heteroatoms. The summed E-state index contributed by atoms with van der Waals surface area (Å²) in [6.45, 7) is 2.36. The van der Waals surface area contributed by atoms with E-state index in [0.29, 0.717) is 31.5 Å². The Morgan fingerprint density at radius 2 is 2.13 bits per heavy atom. The molecule has 0 amide bonds. The monoisotopic (exact) mass is 284 g/mol. The first-order valence-corrected chi connectivity index (χ1v) is 7.24. The molecule has 0 bridgehead atoms. The molecule has 0 aromatic carbocycles. The summed E-state index contributed by atoms with van der Waals surface area (Å²) in [6, 6.07) is 0. The first-order chi connectivity index (χ1) is 6.73. The number of alkyl halides is 2. The van der Waals surface area contributed by atoms with Crippen molar-refractivity contribution in [2.24, 2.45) is 0 Å². The third-order valence-electron chi connectivity index (χ3n) is 1.95. The zero-order valence-corrected chi connectivity index (χ0v) is 10.3. The fourth-order valence-corrected chi connectivity index (χ4v) is 3.86. The zero-order valence-electron chi connectivity index (χ0n) is 7.92. The van der Waals surface area contributed by atoms with Crippen molar-refractivity contribution in [2.45, 2.75) is 6.42 Å². The molecule has 86 valence electrons. The first-order valence-electron chi connectivity index (χ1n) is 4.60. The summed E-state index contributed by atoms with van der Waals surface area (Å²) in [5, 5.41) is 2.85. The standard InChI is InChI=1S/C7H15Cl2N2O2P.Na.H/c8-2-4-10-14(12)11(6-3-9)5-1-7-13-14;;/h1-7H2,(H,10,12);;. The van der Waals surface area contributed by atoms with Crippen molar-refractivity contribution in [1.29, 1.82) is 0 Å². The number of halogens is 2. The average molecular weight is 285 g/mol. The molecule has 0 saturated carbocycles. The number of hydrogen-bond donors (Lipinski definition) is 1. The van der Waals surface area contributed by atoms with Gasteiger partial charge in [0.1, 0.15) is 0 Å². The Balaban J connectivity index is 0.00000196. The minimum absolute atomic E-state index is 0. The van der Waals surface area contributed by atoms with Gasteiger partial charge in [-0.05, 0) is 6.42 Å². The Morgan fingerprint density at radius 1 is 1.40 bits per heavy atom. The molecule has 1 heterocycles. The van der Waals surface area contributed by atoms with Gasteiger partial charge in [0.25, 0.3) is 0 Å². The second-order valence-corrected chi connectivity index (χ2v) is 5.88. The van der Waals surface area contributed by atoms with Crippen LogP contribution in [0.3, 0.4) is 0 Å². The van der Waals surface area contributed by atoms with Crippen LogP contribution in [0, 0.1) is 0 Å². The molecule has 1 fully saturated rings. The maximum atomic E-state index is 12.2. The van der Waals surface area contributed by atoms with E-state index >= 15 is 0 Å². The van der Waals surface area contributed by atoms with Crippen molar-refractivity contribution in [3.63, 3.8) is 0 Å². The average Bonchev–Trinajstić information content (AvgIpc) is 2.19. The topological polar surface area (TPSA) is 41.6 Å². The molecular formula is C7H16Cl2N2NaO2P. The number of rotatable bonds is 5. The Bertz CT molecular complexity index is 221. The second-order valence-electron chi connectivity index (χ2n) is 2.95. The van der Waals surface area contributed by atoms with E-state index in [1.165, 1.54) is 0 Å². The van der Waals surface area contributed by atoms with Gasteiger partial charge >= 0.3 is 37.2 Å². The molecule has 1 unspecified atom stereocenters. The molecule has 4 nitrogen and oxygen atoms in total. The van der Waals surface area contributed by atoms with Crippen LogP contribution in [0.25, 0.3) is 0 Å². The number of nitrogens with one attached hydrogen (secondary N) is 1. The molecule has 0 aliphatic carbocycles. The van der Waals surface area contributed by atoms with E-state index in [0.717, 1.165) is 13.0 Å². The van der Waals surface area contributed by atoms with Crippen LogP contribution in [0.5, 0.6) is 0 Å². The molecule has 0 aromatic heterocycles. The van der Waals surface area contributed by atoms with Crippen molar-refractivity contribution in [3.05, 3.63) is 0 Å².